The molecule has 32 heavy (non-hydrogen) atoms. The van der Waals surface area contributed by atoms with Gasteiger partial charge in [0.1, 0.15) is 12.5 Å². The summed E-state index contributed by atoms with van der Waals surface area (Å²) in [7, 11) is 0. The fourth-order valence-electron chi connectivity index (χ4n) is 7.53. The molecule has 2 unspecified atom stereocenters. The Bertz CT molecular complexity index is 510. The van der Waals surface area contributed by atoms with Crippen LogP contribution >= 0.6 is 0 Å². The van der Waals surface area contributed by atoms with Crippen LogP contribution in [0.2, 0.25) is 0 Å². The van der Waals surface area contributed by atoms with Gasteiger partial charge in [-0.15, -0.1) is 0 Å². The van der Waals surface area contributed by atoms with E-state index in [0.29, 0.717) is 24.7 Å². The number of hydrogen-bond acceptors (Lipinski definition) is 4. The summed E-state index contributed by atoms with van der Waals surface area (Å²) in [6.07, 6.45) is 26.5. The minimum absolute atomic E-state index is 0.440. The second kappa shape index (κ2) is 12.0. The maximum Gasteiger partial charge on any atom is 0.113 e. The molecule has 0 aliphatic carbocycles. The molecule has 0 aromatic carbocycles. The van der Waals surface area contributed by atoms with E-state index in [1.54, 1.807) is 0 Å². The molecule has 0 aromatic heterocycles. The van der Waals surface area contributed by atoms with Gasteiger partial charge in [-0.3, -0.25) is 9.80 Å². The first-order valence-corrected chi connectivity index (χ1v) is 14.7. The Kier molecular flexibility index (Phi) is 8.84. The van der Waals surface area contributed by atoms with Crippen molar-refractivity contribution in [2.45, 2.75) is 140 Å². The smallest absolute Gasteiger partial charge is 0.113 e. The van der Waals surface area contributed by atoms with Gasteiger partial charge in [0.25, 0.3) is 0 Å². The lowest BCUT2D eigenvalue weighted by molar-refractivity contribution is -0.183. The van der Waals surface area contributed by atoms with E-state index in [2.05, 4.69) is 9.80 Å². The van der Waals surface area contributed by atoms with Crippen LogP contribution in [0.1, 0.15) is 116 Å². The summed E-state index contributed by atoms with van der Waals surface area (Å²) in [6, 6.07) is 0. The fourth-order valence-corrected chi connectivity index (χ4v) is 7.53. The van der Waals surface area contributed by atoms with Crippen molar-refractivity contribution < 1.29 is 9.47 Å². The van der Waals surface area contributed by atoms with Crippen LogP contribution in [0.15, 0.2) is 0 Å². The molecule has 5 fully saturated rings. The highest BCUT2D eigenvalue weighted by atomic mass is 16.5. The van der Waals surface area contributed by atoms with Crippen molar-refractivity contribution in [1.82, 2.24) is 9.80 Å². The Morgan fingerprint density at radius 2 is 0.781 bits per heavy atom. The van der Waals surface area contributed by atoms with Gasteiger partial charge in [0.15, 0.2) is 0 Å². The fraction of sp³-hybridized carbons (Fsp3) is 1.00. The van der Waals surface area contributed by atoms with E-state index < -0.39 is 0 Å². The molecule has 4 nitrogen and oxygen atoms in total. The topological polar surface area (TPSA) is 24.9 Å². The van der Waals surface area contributed by atoms with Crippen molar-refractivity contribution >= 4 is 0 Å². The van der Waals surface area contributed by atoms with Crippen LogP contribution in [0.25, 0.3) is 0 Å². The molecule has 0 aromatic rings. The maximum atomic E-state index is 6.74. The molecule has 0 amide bonds. The Morgan fingerprint density at radius 1 is 0.375 bits per heavy atom. The molecule has 184 valence electrons. The monoisotopic (exact) mass is 446 g/mol. The van der Waals surface area contributed by atoms with Crippen LogP contribution < -0.4 is 0 Å². The van der Waals surface area contributed by atoms with E-state index in [9.17, 15) is 0 Å². The van der Waals surface area contributed by atoms with Crippen LogP contribution in [0.4, 0.5) is 0 Å². The summed E-state index contributed by atoms with van der Waals surface area (Å²) >= 11 is 0. The molecule has 5 aliphatic rings. The molecule has 0 radical (unpaired) electrons. The number of nitrogens with zero attached hydrogens (tertiary/aromatic N) is 2. The molecule has 4 bridgehead atoms. The highest BCUT2D eigenvalue weighted by Gasteiger charge is 2.38. The summed E-state index contributed by atoms with van der Waals surface area (Å²) in [4.78, 5) is 5.36. The molecule has 0 saturated carbocycles. The second-order valence-corrected chi connectivity index (χ2v) is 11.7. The zero-order chi connectivity index (χ0) is 21.6. The van der Waals surface area contributed by atoms with Gasteiger partial charge in [-0.25, -0.2) is 0 Å². The van der Waals surface area contributed by atoms with Gasteiger partial charge in [-0.1, -0.05) is 51.4 Å². The molecule has 4 heteroatoms. The first-order valence-electron chi connectivity index (χ1n) is 14.7. The molecule has 5 aliphatic heterocycles. The van der Waals surface area contributed by atoms with Gasteiger partial charge in [-0.2, -0.15) is 0 Å². The Morgan fingerprint density at radius 3 is 1.25 bits per heavy atom. The van der Waals surface area contributed by atoms with Crippen molar-refractivity contribution in [3.05, 3.63) is 0 Å². The molecule has 0 N–H and O–H groups in total. The van der Waals surface area contributed by atoms with Gasteiger partial charge >= 0.3 is 0 Å². The molecule has 0 spiro atoms. The molecule has 5 saturated heterocycles. The van der Waals surface area contributed by atoms with Gasteiger partial charge in [-0.05, 0) is 76.0 Å². The number of ether oxygens (including phenoxy) is 2. The normalized spacial score (nSPS) is 41.6. The molecular formula is C28H50N2O2. The van der Waals surface area contributed by atoms with Gasteiger partial charge in [0, 0.05) is 26.2 Å². The quantitative estimate of drug-likeness (QED) is 0.434. The minimum Gasteiger partial charge on any atom is -0.360 e. The first-order chi connectivity index (χ1) is 15.9. The van der Waals surface area contributed by atoms with E-state index in [1.807, 2.05) is 0 Å². The van der Waals surface area contributed by atoms with E-state index >= 15 is 0 Å². The van der Waals surface area contributed by atoms with Crippen molar-refractivity contribution in [1.29, 1.82) is 0 Å². The van der Waals surface area contributed by atoms with Gasteiger partial charge in [0.05, 0.1) is 12.2 Å². The third kappa shape index (κ3) is 6.09. The van der Waals surface area contributed by atoms with Gasteiger partial charge in [0.2, 0.25) is 0 Å². The van der Waals surface area contributed by atoms with Gasteiger partial charge < -0.3 is 9.47 Å². The Balaban J connectivity index is 1.16. The third-order valence-electron chi connectivity index (χ3n) is 9.41. The Labute approximate surface area is 197 Å². The average molecular weight is 447 g/mol. The minimum atomic E-state index is 0.440. The predicted octanol–water partition coefficient (Wildman–Crippen LogP) is 6.34. The largest absolute Gasteiger partial charge is 0.360 e. The lowest BCUT2D eigenvalue weighted by Crippen LogP contribution is -2.53. The summed E-state index contributed by atoms with van der Waals surface area (Å²) in [5.41, 5.74) is 0. The predicted molar refractivity (Wildman–Crippen MR) is 131 cm³/mol. The highest BCUT2D eigenvalue weighted by molar-refractivity contribution is 4.85. The summed E-state index contributed by atoms with van der Waals surface area (Å²) in [6.45, 7) is 5.11. The summed E-state index contributed by atoms with van der Waals surface area (Å²) < 4.78 is 13.5. The second-order valence-electron chi connectivity index (χ2n) is 11.7. The molecular weight excluding hydrogens is 396 g/mol. The zero-order valence-electron chi connectivity index (χ0n) is 20.7. The molecule has 5 rings (SSSR count). The van der Waals surface area contributed by atoms with Crippen LogP contribution in [0, 0.1) is 11.8 Å². The SMILES string of the molecule is C1CCC[C@H]2CCCN3CC[C@H](CCCCCC[C@@H]4CCCN5CC[C@H](CC1)OC45)OC23. The number of fused-ring (bicyclic) bond motifs is 2. The van der Waals surface area contributed by atoms with E-state index in [1.165, 1.54) is 142 Å². The Hall–Kier alpha value is -0.160. The van der Waals surface area contributed by atoms with Crippen LogP contribution in [0.3, 0.4) is 0 Å². The molecule has 5 heterocycles. The third-order valence-corrected chi connectivity index (χ3v) is 9.41. The highest BCUT2D eigenvalue weighted by Crippen LogP contribution is 2.36. The summed E-state index contributed by atoms with van der Waals surface area (Å²) in [5, 5.41) is 0. The van der Waals surface area contributed by atoms with E-state index in [4.69, 9.17) is 9.47 Å². The van der Waals surface area contributed by atoms with Crippen molar-refractivity contribution in [3.63, 3.8) is 0 Å². The van der Waals surface area contributed by atoms with Crippen molar-refractivity contribution in [3.8, 4) is 0 Å². The van der Waals surface area contributed by atoms with E-state index in [0.717, 1.165) is 11.8 Å². The van der Waals surface area contributed by atoms with Crippen molar-refractivity contribution in [2.24, 2.45) is 11.8 Å². The number of rotatable bonds is 0. The van der Waals surface area contributed by atoms with Crippen LogP contribution in [-0.4, -0.2) is 60.6 Å². The zero-order valence-corrected chi connectivity index (χ0v) is 20.7. The maximum absolute atomic E-state index is 6.74. The number of piperidine rings is 2. The number of hydrogen-bond donors (Lipinski definition) is 0. The lowest BCUT2D eigenvalue weighted by atomic mass is 9.87. The summed E-state index contributed by atoms with van der Waals surface area (Å²) in [5.74, 6) is 1.57. The standard InChI is InChI=1S/C28H50N2O2/c1-3-7-15-25-17-21-30-20-10-14-24(28(30)31-25)12-6-2-4-8-16-26-18-22-29-19-9-13-23(11-5-1)27(29)32-26/h23-28H,1-22H2/t23-,24+,25-,26-,27?,28?/m0/s1. The first kappa shape index (κ1) is 23.6. The van der Waals surface area contributed by atoms with Crippen molar-refractivity contribution in [2.75, 3.05) is 26.2 Å². The van der Waals surface area contributed by atoms with E-state index in [-0.39, 0.29) is 0 Å². The average Bonchev–Trinajstić information content (AvgIpc) is 2.83. The van der Waals surface area contributed by atoms with Crippen LogP contribution in [-0.2, 0) is 9.47 Å². The molecule has 6 atom stereocenters. The van der Waals surface area contributed by atoms with Crippen LogP contribution in [0.5, 0.6) is 0 Å². The lowest BCUT2D eigenvalue weighted by Gasteiger charge is -2.47.